The molecule has 0 aliphatic rings. The second-order valence-corrected chi connectivity index (χ2v) is 4.92. The van der Waals surface area contributed by atoms with E-state index in [0.29, 0.717) is 0 Å². The Hall–Kier alpha value is -1.62. The number of ether oxygens (including phenoxy) is 1. The first-order valence-corrected chi connectivity index (χ1v) is 6.10. The number of amides is 1. The largest absolute Gasteiger partial charge is 0.465 e. The maximum atomic E-state index is 13.1. The molecule has 104 valence electrons. The number of hydrogen-bond acceptors (Lipinski definition) is 3. The molecule has 0 radical (unpaired) electrons. The molecule has 0 aliphatic carbocycles. The predicted molar refractivity (Wildman–Crippen MR) is 70.9 cm³/mol. The summed E-state index contributed by atoms with van der Waals surface area (Å²) in [6.45, 7) is 3.33. The molecule has 1 aromatic carbocycles. The normalized spacial score (nSPS) is 11.0. The zero-order valence-corrected chi connectivity index (χ0v) is 11.7. The molecule has 0 unspecified atom stereocenters. The fourth-order valence-corrected chi connectivity index (χ4v) is 1.38. The van der Waals surface area contributed by atoms with Crippen LogP contribution < -0.4 is 5.32 Å². The summed E-state index contributed by atoms with van der Waals surface area (Å²) in [6, 6.07) is 3.47. The van der Waals surface area contributed by atoms with Crippen molar-refractivity contribution < 1.29 is 18.7 Å². The van der Waals surface area contributed by atoms with Crippen LogP contribution in [0.1, 0.15) is 24.2 Å². The highest BCUT2D eigenvalue weighted by Gasteiger charge is 2.27. The van der Waals surface area contributed by atoms with E-state index in [2.05, 4.69) is 10.1 Å². The summed E-state index contributed by atoms with van der Waals surface area (Å²) in [5.41, 5.74) is -0.652. The van der Waals surface area contributed by atoms with Crippen molar-refractivity contribution in [2.45, 2.75) is 13.8 Å². The SMILES string of the molecule is COC(=O)c1cc(F)ccc1NC(=O)C(C)(C)CCl. The minimum Gasteiger partial charge on any atom is -0.465 e. The fourth-order valence-electron chi connectivity index (χ4n) is 1.26. The third-order valence-electron chi connectivity index (χ3n) is 2.58. The summed E-state index contributed by atoms with van der Waals surface area (Å²) in [5.74, 6) is -1.55. The van der Waals surface area contributed by atoms with E-state index in [1.165, 1.54) is 13.2 Å². The Morgan fingerprint density at radius 1 is 1.42 bits per heavy atom. The summed E-state index contributed by atoms with van der Waals surface area (Å²) in [7, 11) is 1.18. The molecular weight excluding hydrogens is 273 g/mol. The number of rotatable bonds is 4. The first-order valence-electron chi connectivity index (χ1n) is 5.57. The molecule has 0 atom stereocenters. The number of anilines is 1. The van der Waals surface area contributed by atoms with Gasteiger partial charge in [0, 0.05) is 5.88 Å². The number of hydrogen-bond donors (Lipinski definition) is 1. The number of carbonyl (C=O) groups is 2. The van der Waals surface area contributed by atoms with Gasteiger partial charge < -0.3 is 10.1 Å². The monoisotopic (exact) mass is 287 g/mol. The van der Waals surface area contributed by atoms with Crippen molar-refractivity contribution >= 4 is 29.2 Å². The molecule has 1 N–H and O–H groups in total. The Kier molecular flexibility index (Phi) is 4.89. The zero-order chi connectivity index (χ0) is 14.6. The molecule has 19 heavy (non-hydrogen) atoms. The van der Waals surface area contributed by atoms with Gasteiger partial charge in [0.2, 0.25) is 5.91 Å². The molecule has 0 saturated heterocycles. The Balaban J connectivity index is 3.08. The van der Waals surface area contributed by atoms with Crippen LogP contribution in [-0.4, -0.2) is 24.9 Å². The highest BCUT2D eigenvalue weighted by atomic mass is 35.5. The van der Waals surface area contributed by atoms with Crippen LogP contribution in [0.25, 0.3) is 0 Å². The van der Waals surface area contributed by atoms with Gasteiger partial charge in [0.15, 0.2) is 0 Å². The molecule has 0 fully saturated rings. The second kappa shape index (κ2) is 6.02. The standard InChI is InChI=1S/C13H15ClFNO3/c1-13(2,7-14)12(18)16-10-5-4-8(15)6-9(10)11(17)19-3/h4-6H,7H2,1-3H3,(H,16,18). The summed E-state index contributed by atoms with van der Waals surface area (Å²) in [4.78, 5) is 23.5. The summed E-state index contributed by atoms with van der Waals surface area (Å²) < 4.78 is 17.7. The lowest BCUT2D eigenvalue weighted by molar-refractivity contribution is -0.122. The van der Waals surface area contributed by atoms with Gasteiger partial charge in [-0.2, -0.15) is 0 Å². The quantitative estimate of drug-likeness (QED) is 0.684. The maximum absolute atomic E-state index is 13.1. The molecule has 0 aromatic heterocycles. The number of methoxy groups -OCH3 is 1. The Morgan fingerprint density at radius 2 is 2.05 bits per heavy atom. The van der Waals surface area contributed by atoms with Gasteiger partial charge in [-0.05, 0) is 32.0 Å². The molecule has 0 saturated carbocycles. The predicted octanol–water partition coefficient (Wildman–Crippen LogP) is 2.82. The van der Waals surface area contributed by atoms with Crippen molar-refractivity contribution in [3.8, 4) is 0 Å². The van der Waals surface area contributed by atoms with E-state index in [1.54, 1.807) is 13.8 Å². The minimum absolute atomic E-state index is 0.0405. The lowest BCUT2D eigenvalue weighted by Gasteiger charge is -2.21. The van der Waals surface area contributed by atoms with Gasteiger partial charge in [-0.1, -0.05) is 0 Å². The van der Waals surface area contributed by atoms with Gasteiger partial charge in [-0.15, -0.1) is 11.6 Å². The van der Waals surface area contributed by atoms with Crippen molar-refractivity contribution in [3.63, 3.8) is 0 Å². The average molecular weight is 288 g/mol. The van der Waals surface area contributed by atoms with E-state index < -0.39 is 17.2 Å². The number of carbonyl (C=O) groups excluding carboxylic acids is 2. The third kappa shape index (κ3) is 3.67. The van der Waals surface area contributed by atoms with Crippen molar-refractivity contribution in [3.05, 3.63) is 29.6 Å². The van der Waals surface area contributed by atoms with Crippen molar-refractivity contribution in [1.29, 1.82) is 0 Å². The maximum Gasteiger partial charge on any atom is 0.340 e. The summed E-state index contributed by atoms with van der Waals surface area (Å²) in [5, 5.41) is 2.55. The number of esters is 1. The van der Waals surface area contributed by atoms with E-state index in [1.807, 2.05) is 0 Å². The van der Waals surface area contributed by atoms with E-state index in [4.69, 9.17) is 11.6 Å². The van der Waals surface area contributed by atoms with Gasteiger partial charge in [0.05, 0.1) is 23.8 Å². The lowest BCUT2D eigenvalue weighted by Crippen LogP contribution is -2.32. The van der Waals surface area contributed by atoms with Gasteiger partial charge in [0.25, 0.3) is 0 Å². The van der Waals surface area contributed by atoms with Crippen LogP contribution in [0.2, 0.25) is 0 Å². The Bertz CT molecular complexity index is 503. The Morgan fingerprint density at radius 3 is 2.58 bits per heavy atom. The molecular formula is C13H15ClFNO3. The van der Waals surface area contributed by atoms with Crippen LogP contribution in [0, 0.1) is 11.2 Å². The molecule has 6 heteroatoms. The van der Waals surface area contributed by atoms with Crippen LogP contribution in [-0.2, 0) is 9.53 Å². The number of nitrogens with one attached hydrogen (secondary N) is 1. The molecule has 0 aliphatic heterocycles. The molecule has 0 bridgehead atoms. The van der Waals surface area contributed by atoms with E-state index in [-0.39, 0.29) is 23.0 Å². The van der Waals surface area contributed by atoms with Gasteiger partial charge in [-0.25, -0.2) is 9.18 Å². The fraction of sp³-hybridized carbons (Fsp3) is 0.385. The van der Waals surface area contributed by atoms with Gasteiger partial charge in [0.1, 0.15) is 5.82 Å². The van der Waals surface area contributed by atoms with Crippen molar-refractivity contribution in [2.75, 3.05) is 18.3 Å². The number of halogens is 2. The van der Waals surface area contributed by atoms with Gasteiger partial charge >= 0.3 is 5.97 Å². The first-order chi connectivity index (χ1) is 8.81. The minimum atomic E-state index is -0.802. The lowest BCUT2D eigenvalue weighted by atomic mass is 9.95. The molecule has 1 amide bonds. The van der Waals surface area contributed by atoms with E-state index in [9.17, 15) is 14.0 Å². The van der Waals surface area contributed by atoms with E-state index in [0.717, 1.165) is 12.1 Å². The smallest absolute Gasteiger partial charge is 0.340 e. The molecule has 4 nitrogen and oxygen atoms in total. The highest BCUT2D eigenvalue weighted by Crippen LogP contribution is 2.23. The van der Waals surface area contributed by atoms with Crippen LogP contribution in [0.3, 0.4) is 0 Å². The third-order valence-corrected chi connectivity index (χ3v) is 3.25. The number of alkyl halides is 1. The van der Waals surface area contributed by atoms with Crippen molar-refractivity contribution in [2.24, 2.45) is 5.41 Å². The van der Waals surface area contributed by atoms with Gasteiger partial charge in [-0.3, -0.25) is 4.79 Å². The molecule has 0 spiro atoms. The Labute approximate surface area is 115 Å². The van der Waals surface area contributed by atoms with Crippen LogP contribution >= 0.6 is 11.6 Å². The second-order valence-electron chi connectivity index (χ2n) is 4.65. The highest BCUT2D eigenvalue weighted by molar-refractivity contribution is 6.20. The van der Waals surface area contributed by atoms with E-state index >= 15 is 0 Å². The van der Waals surface area contributed by atoms with Crippen LogP contribution in [0.15, 0.2) is 18.2 Å². The molecule has 1 rings (SSSR count). The number of benzene rings is 1. The molecule has 0 heterocycles. The van der Waals surface area contributed by atoms with Crippen LogP contribution in [0.5, 0.6) is 0 Å². The topological polar surface area (TPSA) is 55.4 Å². The average Bonchev–Trinajstić information content (AvgIpc) is 2.39. The van der Waals surface area contributed by atoms with Crippen molar-refractivity contribution in [1.82, 2.24) is 0 Å². The molecule has 1 aromatic rings. The first kappa shape index (κ1) is 15.4. The summed E-state index contributed by atoms with van der Waals surface area (Å²) >= 11 is 5.70. The van der Waals surface area contributed by atoms with Crippen LogP contribution in [0.4, 0.5) is 10.1 Å². The zero-order valence-electron chi connectivity index (χ0n) is 10.9. The summed E-state index contributed by atoms with van der Waals surface area (Å²) in [6.07, 6.45) is 0.